The van der Waals surface area contributed by atoms with Crippen molar-refractivity contribution in [3.63, 3.8) is 0 Å². The number of nitrogens with zero attached hydrogens (tertiary/aromatic N) is 1. The summed E-state index contributed by atoms with van der Waals surface area (Å²) in [5.41, 5.74) is 5.77. The Bertz CT molecular complexity index is 170. The third-order valence-corrected chi connectivity index (χ3v) is 4.25. The van der Waals surface area contributed by atoms with E-state index in [-0.39, 0.29) is 0 Å². The normalized spacial score (nSPS) is 26.6. The molecule has 0 unspecified atom stereocenters. The maximum Gasteiger partial charge on any atom is 0.0110 e. The zero-order chi connectivity index (χ0) is 12.0. The molecule has 0 heterocycles. The molecule has 0 amide bonds. The van der Waals surface area contributed by atoms with E-state index < -0.39 is 0 Å². The number of rotatable bonds is 6. The van der Waals surface area contributed by atoms with Gasteiger partial charge in [-0.05, 0) is 44.4 Å². The summed E-state index contributed by atoms with van der Waals surface area (Å²) in [5, 5.41) is 0. The van der Waals surface area contributed by atoms with Crippen LogP contribution in [-0.2, 0) is 0 Å². The van der Waals surface area contributed by atoms with Crippen molar-refractivity contribution < 1.29 is 0 Å². The fraction of sp³-hybridized carbons (Fsp3) is 1.00. The maximum absolute atomic E-state index is 5.77. The van der Waals surface area contributed by atoms with Crippen molar-refractivity contribution in [3.8, 4) is 0 Å². The average Bonchev–Trinajstić information content (AvgIpc) is 2.31. The molecule has 0 atom stereocenters. The van der Waals surface area contributed by atoms with E-state index in [0.717, 1.165) is 31.1 Å². The molecule has 1 aliphatic carbocycles. The average molecular weight is 226 g/mol. The van der Waals surface area contributed by atoms with Gasteiger partial charge in [0.05, 0.1) is 0 Å². The molecule has 0 radical (unpaired) electrons. The van der Waals surface area contributed by atoms with Crippen LogP contribution in [0, 0.1) is 5.92 Å². The van der Waals surface area contributed by atoms with Crippen molar-refractivity contribution in [2.24, 2.45) is 11.7 Å². The first-order chi connectivity index (χ1) is 7.72. The monoisotopic (exact) mass is 226 g/mol. The van der Waals surface area contributed by atoms with Crippen LogP contribution in [-0.4, -0.2) is 30.1 Å². The van der Waals surface area contributed by atoms with Crippen molar-refractivity contribution in [3.05, 3.63) is 0 Å². The first-order valence-corrected chi connectivity index (χ1v) is 7.18. The van der Waals surface area contributed by atoms with E-state index in [1.54, 1.807) is 0 Å². The van der Waals surface area contributed by atoms with Gasteiger partial charge in [-0.2, -0.15) is 0 Å². The summed E-state index contributed by atoms with van der Waals surface area (Å²) in [7, 11) is 0. The highest BCUT2D eigenvalue weighted by Gasteiger charge is 2.27. The van der Waals surface area contributed by atoms with Crippen LogP contribution in [0.3, 0.4) is 0 Å². The molecule has 2 nitrogen and oxygen atoms in total. The summed E-state index contributed by atoms with van der Waals surface area (Å²) in [6.07, 6.45) is 8.12. The van der Waals surface area contributed by atoms with Crippen LogP contribution in [0.2, 0.25) is 0 Å². The lowest BCUT2D eigenvalue weighted by atomic mass is 9.85. The SMILES string of the molecule is CCC(CC)N(CCN)C1CCC(C)CC1. The molecule has 1 saturated carbocycles. The molecule has 0 aliphatic heterocycles. The second kappa shape index (κ2) is 7.29. The molecule has 0 saturated heterocycles. The Morgan fingerprint density at radius 2 is 1.69 bits per heavy atom. The maximum atomic E-state index is 5.77. The van der Waals surface area contributed by atoms with E-state index in [9.17, 15) is 0 Å². The lowest BCUT2D eigenvalue weighted by molar-refractivity contribution is 0.0910. The van der Waals surface area contributed by atoms with Crippen LogP contribution in [0.1, 0.15) is 59.3 Å². The zero-order valence-corrected chi connectivity index (χ0v) is 11.4. The molecule has 16 heavy (non-hydrogen) atoms. The van der Waals surface area contributed by atoms with Gasteiger partial charge in [0.2, 0.25) is 0 Å². The fourth-order valence-corrected chi connectivity index (χ4v) is 3.14. The van der Waals surface area contributed by atoms with Crippen LogP contribution < -0.4 is 5.73 Å². The van der Waals surface area contributed by atoms with E-state index in [4.69, 9.17) is 5.73 Å². The minimum atomic E-state index is 0.752. The van der Waals surface area contributed by atoms with Crippen molar-refractivity contribution >= 4 is 0 Å². The topological polar surface area (TPSA) is 29.3 Å². The van der Waals surface area contributed by atoms with E-state index in [2.05, 4.69) is 25.7 Å². The largest absolute Gasteiger partial charge is 0.329 e. The van der Waals surface area contributed by atoms with Crippen molar-refractivity contribution in [1.82, 2.24) is 4.90 Å². The minimum Gasteiger partial charge on any atom is -0.329 e. The fourth-order valence-electron chi connectivity index (χ4n) is 3.14. The van der Waals surface area contributed by atoms with Gasteiger partial charge in [0.15, 0.2) is 0 Å². The highest BCUT2D eigenvalue weighted by Crippen LogP contribution is 2.29. The van der Waals surface area contributed by atoms with Gasteiger partial charge >= 0.3 is 0 Å². The van der Waals surface area contributed by atoms with Crippen LogP contribution in [0.4, 0.5) is 0 Å². The van der Waals surface area contributed by atoms with E-state index in [0.29, 0.717) is 0 Å². The Labute approximate surface area is 102 Å². The molecule has 0 aromatic rings. The van der Waals surface area contributed by atoms with Crippen molar-refractivity contribution in [2.45, 2.75) is 71.4 Å². The molecule has 0 spiro atoms. The molecule has 0 bridgehead atoms. The number of nitrogens with two attached hydrogens (primary N) is 1. The van der Waals surface area contributed by atoms with Gasteiger partial charge in [-0.3, -0.25) is 4.90 Å². The van der Waals surface area contributed by atoms with E-state index in [1.165, 1.54) is 38.5 Å². The van der Waals surface area contributed by atoms with Crippen LogP contribution in [0.15, 0.2) is 0 Å². The highest BCUT2D eigenvalue weighted by atomic mass is 15.2. The second-order valence-electron chi connectivity index (χ2n) is 5.41. The summed E-state index contributed by atoms with van der Waals surface area (Å²) < 4.78 is 0. The Balaban J connectivity index is 2.54. The molecule has 2 N–H and O–H groups in total. The second-order valence-corrected chi connectivity index (χ2v) is 5.41. The zero-order valence-electron chi connectivity index (χ0n) is 11.4. The first kappa shape index (κ1) is 14.0. The van der Waals surface area contributed by atoms with Gasteiger partial charge in [0, 0.05) is 25.2 Å². The first-order valence-electron chi connectivity index (χ1n) is 7.18. The van der Waals surface area contributed by atoms with Gasteiger partial charge < -0.3 is 5.73 Å². The van der Waals surface area contributed by atoms with E-state index in [1.807, 2.05) is 0 Å². The van der Waals surface area contributed by atoms with Gasteiger partial charge in [0.1, 0.15) is 0 Å². The molecule has 1 aliphatic rings. The number of hydrogen-bond donors (Lipinski definition) is 1. The molecule has 0 aromatic heterocycles. The smallest absolute Gasteiger partial charge is 0.0110 e. The highest BCUT2D eigenvalue weighted by molar-refractivity contribution is 4.82. The van der Waals surface area contributed by atoms with Crippen molar-refractivity contribution in [2.75, 3.05) is 13.1 Å². The van der Waals surface area contributed by atoms with Crippen molar-refractivity contribution in [1.29, 1.82) is 0 Å². The van der Waals surface area contributed by atoms with Gasteiger partial charge in [-0.15, -0.1) is 0 Å². The molecule has 2 heteroatoms. The summed E-state index contributed by atoms with van der Waals surface area (Å²) >= 11 is 0. The molecular formula is C14H30N2. The minimum absolute atomic E-state index is 0.752. The Morgan fingerprint density at radius 3 is 2.12 bits per heavy atom. The number of hydrogen-bond acceptors (Lipinski definition) is 2. The molecule has 0 aromatic carbocycles. The van der Waals surface area contributed by atoms with Gasteiger partial charge in [-0.25, -0.2) is 0 Å². The molecular weight excluding hydrogens is 196 g/mol. The predicted octanol–water partition coefficient (Wildman–Crippen LogP) is 3.01. The third kappa shape index (κ3) is 3.74. The lowest BCUT2D eigenvalue weighted by Crippen LogP contribution is -2.46. The third-order valence-electron chi connectivity index (χ3n) is 4.25. The van der Waals surface area contributed by atoms with E-state index >= 15 is 0 Å². The lowest BCUT2D eigenvalue weighted by Gasteiger charge is -2.40. The van der Waals surface area contributed by atoms with Gasteiger partial charge in [-0.1, -0.05) is 20.8 Å². The summed E-state index contributed by atoms with van der Waals surface area (Å²) in [4.78, 5) is 2.70. The standard InChI is InChI=1S/C14H30N2/c1-4-13(5-2)16(11-10-15)14-8-6-12(3)7-9-14/h12-14H,4-11,15H2,1-3H3. The molecule has 1 fully saturated rings. The molecule has 1 rings (SSSR count). The predicted molar refractivity (Wildman–Crippen MR) is 71.6 cm³/mol. The Hall–Kier alpha value is -0.0800. The summed E-state index contributed by atoms with van der Waals surface area (Å²) in [6.45, 7) is 8.90. The summed E-state index contributed by atoms with van der Waals surface area (Å²) in [5.74, 6) is 0.942. The Morgan fingerprint density at radius 1 is 1.12 bits per heavy atom. The Kier molecular flexibility index (Phi) is 6.37. The molecule has 96 valence electrons. The van der Waals surface area contributed by atoms with Gasteiger partial charge in [0.25, 0.3) is 0 Å². The van der Waals surface area contributed by atoms with Crippen LogP contribution in [0.25, 0.3) is 0 Å². The van der Waals surface area contributed by atoms with Crippen LogP contribution in [0.5, 0.6) is 0 Å². The summed E-state index contributed by atoms with van der Waals surface area (Å²) in [6, 6.07) is 1.56. The van der Waals surface area contributed by atoms with Crippen LogP contribution >= 0.6 is 0 Å². The quantitative estimate of drug-likeness (QED) is 0.754.